The smallest absolute Gasteiger partial charge is 0.307 e. The number of rotatable bonds is 7. The third-order valence-electron chi connectivity index (χ3n) is 2.42. The highest BCUT2D eigenvalue weighted by molar-refractivity contribution is 7.16. The SMILES string of the molecule is CC(C)CC(CNCc1ccc(Cl)s1)C(=O)O. The number of halogens is 1. The van der Waals surface area contributed by atoms with Gasteiger partial charge >= 0.3 is 5.97 Å². The fraction of sp³-hybridized carbons (Fsp3) is 0.583. The Labute approximate surface area is 111 Å². The molecule has 0 fully saturated rings. The maximum atomic E-state index is 11.0. The van der Waals surface area contributed by atoms with Gasteiger partial charge in [0.2, 0.25) is 0 Å². The van der Waals surface area contributed by atoms with Crippen LogP contribution in [-0.2, 0) is 11.3 Å². The first-order chi connectivity index (χ1) is 7.99. The van der Waals surface area contributed by atoms with E-state index in [0.29, 0.717) is 25.4 Å². The van der Waals surface area contributed by atoms with Crippen LogP contribution in [0.2, 0.25) is 4.34 Å². The molecule has 0 aliphatic rings. The molecule has 0 saturated heterocycles. The van der Waals surface area contributed by atoms with E-state index in [1.54, 1.807) is 0 Å². The first-order valence-corrected chi connectivity index (χ1v) is 6.86. The Kier molecular flexibility index (Phi) is 5.95. The number of hydrogen-bond donors (Lipinski definition) is 2. The van der Waals surface area contributed by atoms with E-state index in [2.05, 4.69) is 5.32 Å². The van der Waals surface area contributed by atoms with Gasteiger partial charge in [-0.15, -0.1) is 11.3 Å². The van der Waals surface area contributed by atoms with Gasteiger partial charge < -0.3 is 10.4 Å². The molecule has 1 rings (SSSR count). The van der Waals surface area contributed by atoms with Crippen LogP contribution < -0.4 is 5.32 Å². The van der Waals surface area contributed by atoms with Gasteiger partial charge in [0.25, 0.3) is 0 Å². The Bertz CT molecular complexity index is 365. The first kappa shape index (κ1) is 14.5. The molecule has 0 aliphatic heterocycles. The topological polar surface area (TPSA) is 49.3 Å². The minimum atomic E-state index is -0.726. The summed E-state index contributed by atoms with van der Waals surface area (Å²) in [6, 6.07) is 3.81. The third kappa shape index (κ3) is 5.52. The van der Waals surface area contributed by atoms with E-state index in [1.165, 1.54) is 11.3 Å². The van der Waals surface area contributed by atoms with Crippen molar-refractivity contribution in [3.63, 3.8) is 0 Å². The van der Waals surface area contributed by atoms with E-state index >= 15 is 0 Å². The summed E-state index contributed by atoms with van der Waals surface area (Å²) in [6.45, 7) is 5.26. The average molecular weight is 276 g/mol. The summed E-state index contributed by atoms with van der Waals surface area (Å²) < 4.78 is 0.763. The van der Waals surface area contributed by atoms with E-state index in [1.807, 2.05) is 26.0 Å². The van der Waals surface area contributed by atoms with E-state index in [-0.39, 0.29) is 5.92 Å². The summed E-state index contributed by atoms with van der Waals surface area (Å²) in [5.41, 5.74) is 0. The Balaban J connectivity index is 2.34. The highest BCUT2D eigenvalue weighted by Crippen LogP contribution is 2.21. The standard InChI is InChI=1S/C12H18ClNO2S/c1-8(2)5-9(12(15)16)6-14-7-10-3-4-11(13)17-10/h3-4,8-9,14H,5-7H2,1-2H3,(H,15,16). The van der Waals surface area contributed by atoms with Gasteiger partial charge in [0.15, 0.2) is 0 Å². The van der Waals surface area contributed by atoms with Gasteiger partial charge in [-0.25, -0.2) is 0 Å². The lowest BCUT2D eigenvalue weighted by atomic mass is 9.97. The molecule has 0 bridgehead atoms. The van der Waals surface area contributed by atoms with Crippen molar-refractivity contribution in [1.29, 1.82) is 0 Å². The molecular formula is C12H18ClNO2S. The quantitative estimate of drug-likeness (QED) is 0.803. The first-order valence-electron chi connectivity index (χ1n) is 5.66. The lowest BCUT2D eigenvalue weighted by Crippen LogP contribution is -2.29. The van der Waals surface area contributed by atoms with Crippen LogP contribution in [0, 0.1) is 11.8 Å². The number of thiophene rings is 1. The van der Waals surface area contributed by atoms with Crippen molar-refractivity contribution < 1.29 is 9.90 Å². The molecule has 1 aromatic heterocycles. The molecule has 5 heteroatoms. The van der Waals surface area contributed by atoms with Crippen LogP contribution >= 0.6 is 22.9 Å². The zero-order valence-corrected chi connectivity index (χ0v) is 11.6. The van der Waals surface area contributed by atoms with Gasteiger partial charge in [-0.05, 0) is 24.5 Å². The second kappa shape index (κ2) is 6.99. The number of nitrogens with one attached hydrogen (secondary N) is 1. The van der Waals surface area contributed by atoms with E-state index in [9.17, 15) is 4.79 Å². The number of carboxylic acids is 1. The fourth-order valence-corrected chi connectivity index (χ4v) is 2.71. The van der Waals surface area contributed by atoms with Gasteiger partial charge in [-0.3, -0.25) is 4.79 Å². The molecule has 2 N–H and O–H groups in total. The van der Waals surface area contributed by atoms with Gasteiger partial charge in [-0.1, -0.05) is 25.4 Å². The predicted octanol–water partition coefficient (Wildman–Crippen LogP) is 3.24. The van der Waals surface area contributed by atoms with Gasteiger partial charge in [0.05, 0.1) is 10.3 Å². The zero-order valence-electron chi connectivity index (χ0n) is 10.1. The van der Waals surface area contributed by atoms with E-state index in [0.717, 1.165) is 9.21 Å². The van der Waals surface area contributed by atoms with Crippen molar-refractivity contribution in [3.05, 3.63) is 21.3 Å². The number of aliphatic carboxylic acids is 1. The number of carbonyl (C=O) groups is 1. The maximum Gasteiger partial charge on any atom is 0.307 e. The summed E-state index contributed by atoms with van der Waals surface area (Å²) in [5, 5.41) is 12.2. The third-order valence-corrected chi connectivity index (χ3v) is 3.66. The Hall–Kier alpha value is -0.580. The van der Waals surface area contributed by atoms with Crippen LogP contribution in [0.25, 0.3) is 0 Å². The second-order valence-corrected chi connectivity index (χ2v) is 6.30. The van der Waals surface area contributed by atoms with Crippen LogP contribution in [0.15, 0.2) is 12.1 Å². The molecule has 3 nitrogen and oxygen atoms in total. The van der Waals surface area contributed by atoms with Crippen LogP contribution in [0.3, 0.4) is 0 Å². The van der Waals surface area contributed by atoms with Crippen molar-refractivity contribution in [1.82, 2.24) is 5.32 Å². The predicted molar refractivity (Wildman–Crippen MR) is 71.6 cm³/mol. The van der Waals surface area contributed by atoms with E-state index in [4.69, 9.17) is 16.7 Å². The molecular weight excluding hydrogens is 258 g/mol. The summed E-state index contributed by atoms with van der Waals surface area (Å²) in [4.78, 5) is 12.2. The molecule has 1 unspecified atom stereocenters. The normalized spacial score (nSPS) is 12.9. The van der Waals surface area contributed by atoms with E-state index < -0.39 is 5.97 Å². The van der Waals surface area contributed by atoms with Crippen LogP contribution in [0.4, 0.5) is 0 Å². The molecule has 1 heterocycles. The maximum absolute atomic E-state index is 11.0. The highest BCUT2D eigenvalue weighted by atomic mass is 35.5. The van der Waals surface area contributed by atoms with Crippen LogP contribution in [-0.4, -0.2) is 17.6 Å². The molecule has 1 aromatic rings. The Morgan fingerprint density at radius 2 is 2.24 bits per heavy atom. The van der Waals surface area contributed by atoms with Crippen LogP contribution in [0.1, 0.15) is 25.1 Å². The number of hydrogen-bond acceptors (Lipinski definition) is 3. The lowest BCUT2D eigenvalue weighted by Gasteiger charge is -2.14. The summed E-state index contributed by atoms with van der Waals surface area (Å²) in [6.07, 6.45) is 0.702. The van der Waals surface area contributed by atoms with Crippen molar-refractivity contribution in [2.24, 2.45) is 11.8 Å². The average Bonchev–Trinajstić information content (AvgIpc) is 2.62. The molecule has 96 valence electrons. The summed E-state index contributed by atoms with van der Waals surface area (Å²) in [5.74, 6) is -0.644. The minimum absolute atomic E-state index is 0.314. The minimum Gasteiger partial charge on any atom is -0.481 e. The highest BCUT2D eigenvalue weighted by Gasteiger charge is 2.18. The Morgan fingerprint density at radius 3 is 2.71 bits per heavy atom. The molecule has 0 aliphatic carbocycles. The monoisotopic (exact) mass is 275 g/mol. The summed E-state index contributed by atoms with van der Waals surface area (Å²) in [7, 11) is 0. The molecule has 0 saturated carbocycles. The van der Waals surface area contributed by atoms with Crippen LogP contribution in [0.5, 0.6) is 0 Å². The largest absolute Gasteiger partial charge is 0.481 e. The molecule has 0 radical (unpaired) electrons. The fourth-order valence-electron chi connectivity index (χ4n) is 1.66. The van der Waals surface area contributed by atoms with Crippen molar-refractivity contribution in [3.8, 4) is 0 Å². The molecule has 17 heavy (non-hydrogen) atoms. The van der Waals surface area contributed by atoms with Gasteiger partial charge in [0.1, 0.15) is 0 Å². The molecule has 0 amide bonds. The zero-order chi connectivity index (χ0) is 12.8. The second-order valence-electron chi connectivity index (χ2n) is 4.50. The lowest BCUT2D eigenvalue weighted by molar-refractivity contribution is -0.142. The molecule has 1 atom stereocenters. The van der Waals surface area contributed by atoms with Crippen molar-refractivity contribution in [2.75, 3.05) is 6.54 Å². The van der Waals surface area contributed by atoms with Crippen molar-refractivity contribution in [2.45, 2.75) is 26.8 Å². The molecule has 0 aromatic carbocycles. The van der Waals surface area contributed by atoms with Gasteiger partial charge in [-0.2, -0.15) is 0 Å². The number of carboxylic acid groups (broad SMARTS) is 1. The Morgan fingerprint density at radius 1 is 1.53 bits per heavy atom. The molecule has 0 spiro atoms. The summed E-state index contributed by atoms with van der Waals surface area (Å²) >= 11 is 7.33. The van der Waals surface area contributed by atoms with Gasteiger partial charge in [0, 0.05) is 18.0 Å². The van der Waals surface area contributed by atoms with Crippen molar-refractivity contribution >= 4 is 28.9 Å².